The number of nitrogen functional groups attached to an aromatic ring is 1. The standard InChI is InChI=1S/C13H21N5O2S/c1-3-18(4-2)13-17-11(14)10(21-13)12(20)15-7-8-5-6-9(19)16-8/h8H,3-7,14H2,1-2H3,(H,15,20)(H,16,19). The van der Waals surface area contributed by atoms with Gasteiger partial charge in [-0.3, -0.25) is 9.59 Å². The Labute approximate surface area is 127 Å². The van der Waals surface area contributed by atoms with Crippen LogP contribution >= 0.6 is 11.3 Å². The molecule has 4 N–H and O–H groups in total. The van der Waals surface area contributed by atoms with Gasteiger partial charge in [0.1, 0.15) is 10.7 Å². The molecule has 1 aromatic rings. The van der Waals surface area contributed by atoms with E-state index in [0.29, 0.717) is 17.8 Å². The van der Waals surface area contributed by atoms with E-state index >= 15 is 0 Å². The number of nitrogens with two attached hydrogens (primary N) is 1. The second-order valence-corrected chi connectivity index (χ2v) is 5.87. The van der Waals surface area contributed by atoms with Gasteiger partial charge in [0.2, 0.25) is 5.91 Å². The maximum atomic E-state index is 12.2. The molecule has 1 atom stereocenters. The topological polar surface area (TPSA) is 100 Å². The summed E-state index contributed by atoms with van der Waals surface area (Å²) in [4.78, 5) is 30.0. The van der Waals surface area contributed by atoms with Crippen molar-refractivity contribution in [3.63, 3.8) is 0 Å². The summed E-state index contributed by atoms with van der Waals surface area (Å²) in [5.74, 6) is 0.0646. The molecule has 0 saturated carbocycles. The number of anilines is 2. The molecule has 1 aromatic heterocycles. The number of hydrogen-bond acceptors (Lipinski definition) is 6. The van der Waals surface area contributed by atoms with E-state index in [0.717, 1.165) is 24.6 Å². The molecule has 2 rings (SSSR count). The molecule has 0 aromatic carbocycles. The highest BCUT2D eigenvalue weighted by Crippen LogP contribution is 2.27. The van der Waals surface area contributed by atoms with Crippen molar-refractivity contribution in [1.29, 1.82) is 0 Å². The number of amides is 2. The van der Waals surface area contributed by atoms with Gasteiger partial charge in [-0.2, -0.15) is 0 Å². The lowest BCUT2D eigenvalue weighted by atomic mass is 10.2. The van der Waals surface area contributed by atoms with E-state index in [1.807, 2.05) is 13.8 Å². The molecule has 0 bridgehead atoms. The molecular weight excluding hydrogens is 290 g/mol. The van der Waals surface area contributed by atoms with Crippen molar-refractivity contribution in [2.45, 2.75) is 32.7 Å². The van der Waals surface area contributed by atoms with E-state index in [-0.39, 0.29) is 23.7 Å². The molecule has 1 fully saturated rings. The number of nitrogens with zero attached hydrogens (tertiary/aromatic N) is 2. The molecule has 0 aliphatic carbocycles. The zero-order chi connectivity index (χ0) is 15.4. The lowest BCUT2D eigenvalue weighted by molar-refractivity contribution is -0.119. The van der Waals surface area contributed by atoms with E-state index in [1.165, 1.54) is 11.3 Å². The van der Waals surface area contributed by atoms with Crippen molar-refractivity contribution < 1.29 is 9.59 Å². The summed E-state index contributed by atoms with van der Waals surface area (Å²) in [6, 6.07) is 0.0119. The van der Waals surface area contributed by atoms with Crippen LogP contribution in [-0.2, 0) is 4.79 Å². The normalized spacial score (nSPS) is 17.6. The van der Waals surface area contributed by atoms with Gasteiger partial charge in [0.05, 0.1) is 0 Å². The average Bonchev–Trinajstić information content (AvgIpc) is 3.04. The Morgan fingerprint density at radius 2 is 2.24 bits per heavy atom. The summed E-state index contributed by atoms with van der Waals surface area (Å²) >= 11 is 1.30. The van der Waals surface area contributed by atoms with Gasteiger partial charge in [0, 0.05) is 32.1 Å². The van der Waals surface area contributed by atoms with Crippen LogP contribution in [0.1, 0.15) is 36.4 Å². The number of nitrogens with one attached hydrogen (secondary N) is 2. The van der Waals surface area contributed by atoms with E-state index in [2.05, 4.69) is 20.5 Å². The molecule has 2 amide bonds. The molecule has 1 aliphatic heterocycles. The number of rotatable bonds is 6. The van der Waals surface area contributed by atoms with Crippen molar-refractivity contribution in [2.24, 2.45) is 0 Å². The number of aromatic nitrogens is 1. The van der Waals surface area contributed by atoms with E-state index in [4.69, 9.17) is 5.73 Å². The van der Waals surface area contributed by atoms with Crippen LogP contribution in [0.3, 0.4) is 0 Å². The summed E-state index contributed by atoms with van der Waals surface area (Å²) in [5, 5.41) is 6.38. The first-order valence-electron chi connectivity index (χ1n) is 7.13. The molecule has 2 heterocycles. The zero-order valence-electron chi connectivity index (χ0n) is 12.3. The lowest BCUT2D eigenvalue weighted by Gasteiger charge is -2.16. The molecule has 116 valence electrons. The molecule has 1 unspecified atom stereocenters. The quantitative estimate of drug-likeness (QED) is 0.713. The van der Waals surface area contributed by atoms with Crippen molar-refractivity contribution in [2.75, 3.05) is 30.3 Å². The van der Waals surface area contributed by atoms with Crippen LogP contribution in [0.5, 0.6) is 0 Å². The highest BCUT2D eigenvalue weighted by atomic mass is 32.1. The molecule has 0 spiro atoms. The van der Waals surface area contributed by atoms with Crippen LogP contribution in [0.2, 0.25) is 0 Å². The first-order chi connectivity index (χ1) is 10.0. The highest BCUT2D eigenvalue weighted by molar-refractivity contribution is 7.18. The second-order valence-electron chi connectivity index (χ2n) is 4.90. The fraction of sp³-hybridized carbons (Fsp3) is 0.615. The monoisotopic (exact) mass is 311 g/mol. The minimum Gasteiger partial charge on any atom is -0.382 e. The highest BCUT2D eigenvalue weighted by Gasteiger charge is 2.23. The van der Waals surface area contributed by atoms with E-state index in [9.17, 15) is 9.59 Å². The van der Waals surface area contributed by atoms with Gasteiger partial charge in [-0.25, -0.2) is 4.98 Å². The predicted octanol–water partition coefficient (Wildman–Crippen LogP) is 0.580. The van der Waals surface area contributed by atoms with Gasteiger partial charge >= 0.3 is 0 Å². The smallest absolute Gasteiger partial charge is 0.265 e. The number of hydrogen-bond donors (Lipinski definition) is 3. The van der Waals surface area contributed by atoms with Gasteiger partial charge in [-0.1, -0.05) is 11.3 Å². The minimum atomic E-state index is -0.232. The third-order valence-electron chi connectivity index (χ3n) is 3.48. The minimum absolute atomic E-state index is 0.0119. The lowest BCUT2D eigenvalue weighted by Crippen LogP contribution is -2.38. The van der Waals surface area contributed by atoms with Crippen molar-refractivity contribution in [3.8, 4) is 0 Å². The van der Waals surface area contributed by atoms with Gasteiger partial charge in [0.25, 0.3) is 5.91 Å². The van der Waals surface area contributed by atoms with Crippen molar-refractivity contribution in [1.82, 2.24) is 15.6 Å². The Balaban J connectivity index is 1.97. The maximum Gasteiger partial charge on any atom is 0.265 e. The van der Waals surface area contributed by atoms with Gasteiger partial charge in [-0.05, 0) is 20.3 Å². The van der Waals surface area contributed by atoms with Crippen LogP contribution in [0.15, 0.2) is 0 Å². The average molecular weight is 311 g/mol. The summed E-state index contributed by atoms with van der Waals surface area (Å²) < 4.78 is 0. The first-order valence-corrected chi connectivity index (χ1v) is 7.95. The van der Waals surface area contributed by atoms with Crippen LogP contribution in [0.4, 0.5) is 10.9 Å². The SMILES string of the molecule is CCN(CC)c1nc(N)c(C(=O)NCC2CCC(=O)N2)s1. The van der Waals surface area contributed by atoms with Crippen LogP contribution in [0.25, 0.3) is 0 Å². The van der Waals surface area contributed by atoms with Gasteiger partial charge < -0.3 is 21.3 Å². The molecule has 7 nitrogen and oxygen atoms in total. The Hall–Kier alpha value is -1.83. The first kappa shape index (κ1) is 15.6. The third kappa shape index (κ3) is 3.63. The Morgan fingerprint density at radius 3 is 2.81 bits per heavy atom. The second kappa shape index (κ2) is 6.75. The number of thiazole rings is 1. The van der Waals surface area contributed by atoms with E-state index in [1.54, 1.807) is 0 Å². The predicted molar refractivity (Wildman–Crippen MR) is 83.6 cm³/mol. The van der Waals surface area contributed by atoms with Gasteiger partial charge in [-0.15, -0.1) is 0 Å². The number of carbonyl (C=O) groups excluding carboxylic acids is 2. The van der Waals surface area contributed by atoms with Crippen LogP contribution in [-0.4, -0.2) is 42.5 Å². The summed E-state index contributed by atoms with van der Waals surface area (Å²) in [6.45, 7) is 6.12. The molecule has 1 aliphatic rings. The fourth-order valence-corrected chi connectivity index (χ4v) is 3.27. The van der Waals surface area contributed by atoms with Gasteiger partial charge in [0.15, 0.2) is 5.13 Å². The van der Waals surface area contributed by atoms with Crippen molar-refractivity contribution >= 4 is 34.1 Å². The van der Waals surface area contributed by atoms with Crippen LogP contribution in [0, 0.1) is 0 Å². The zero-order valence-corrected chi connectivity index (χ0v) is 13.1. The summed E-state index contributed by atoms with van der Waals surface area (Å²) in [7, 11) is 0. The van der Waals surface area contributed by atoms with Crippen LogP contribution < -0.4 is 21.3 Å². The molecule has 0 radical (unpaired) electrons. The van der Waals surface area contributed by atoms with Crippen molar-refractivity contribution in [3.05, 3.63) is 4.88 Å². The molecular formula is C13H21N5O2S. The Morgan fingerprint density at radius 1 is 1.52 bits per heavy atom. The Kier molecular flexibility index (Phi) is 5.00. The fourth-order valence-electron chi connectivity index (χ4n) is 2.24. The number of carbonyl (C=O) groups is 2. The Bertz CT molecular complexity index is 527. The maximum absolute atomic E-state index is 12.2. The van der Waals surface area contributed by atoms with E-state index < -0.39 is 0 Å². The molecule has 1 saturated heterocycles. The third-order valence-corrected chi connectivity index (χ3v) is 4.61. The molecule has 8 heteroatoms. The summed E-state index contributed by atoms with van der Waals surface area (Å²) in [6.07, 6.45) is 1.28. The summed E-state index contributed by atoms with van der Waals surface area (Å²) in [5.41, 5.74) is 5.84. The largest absolute Gasteiger partial charge is 0.382 e. The molecule has 21 heavy (non-hydrogen) atoms.